The van der Waals surface area contributed by atoms with Crippen LogP contribution in [0.25, 0.3) is 0 Å². The molecule has 0 aromatic heterocycles. The van der Waals surface area contributed by atoms with Crippen molar-refractivity contribution in [3.8, 4) is 5.75 Å². The van der Waals surface area contributed by atoms with E-state index in [0.717, 1.165) is 24.2 Å². The maximum absolute atomic E-state index is 15.6. The van der Waals surface area contributed by atoms with E-state index in [9.17, 15) is 38.4 Å². The van der Waals surface area contributed by atoms with Crippen molar-refractivity contribution in [3.63, 3.8) is 0 Å². The average molecular weight is 1270 g/mol. The summed E-state index contributed by atoms with van der Waals surface area (Å²) in [4.78, 5) is 170. The minimum absolute atomic E-state index is 0.108. The molecule has 0 spiro atoms. The fraction of sp³-hybridized carbons (Fsp3) is 0.750. The smallest absolute Gasteiger partial charge is 0.329 e. The van der Waals surface area contributed by atoms with Gasteiger partial charge in [0.25, 0.3) is 5.91 Å². The lowest BCUT2D eigenvalue weighted by atomic mass is 9.50. The van der Waals surface area contributed by atoms with E-state index in [1.54, 1.807) is 79.7 Å². The number of carbonyl (C=O) groups excluding carboxylic acids is 11. The third kappa shape index (κ3) is 17.3. The molecule has 23 heteroatoms. The third-order valence-corrected chi connectivity index (χ3v) is 20.5. The highest BCUT2D eigenvalue weighted by atomic mass is 16.6. The van der Waals surface area contributed by atoms with E-state index >= 15 is 14.4 Å². The summed E-state index contributed by atoms with van der Waals surface area (Å²) < 4.78 is 17.4. The highest BCUT2D eigenvalue weighted by molar-refractivity contribution is 5.99. The van der Waals surface area contributed by atoms with E-state index in [1.807, 2.05) is 13.8 Å². The molecule has 23 nitrogen and oxygen atoms in total. The molecule has 6 fully saturated rings. The van der Waals surface area contributed by atoms with Crippen LogP contribution >= 0.6 is 0 Å². The SMILES string of the molecule is CC[C@@H](C)[C@H]1C(=O)NCC(=O)N(C)[C@@H](C(C)C)C(=O)N[C@@H](Cc2ccc(OC)cc2)C(=O)O[C@H](C)C(=O)N2CCCC[C@H]2C(=O)N(C)[C@@H](C(C)C)C(=O)N[C@@H](C(C)C)C(=O)N(C)[C@H](CC(=O)OCC23CC4CC(CC(C4)C2)C3)C(=O)N(C)[C@@H]([C@@H](C)CC)C(=O)N1C. The molecule has 2 heterocycles. The number of hydrogen-bond acceptors (Lipinski definition) is 14. The molecule has 2 aliphatic heterocycles. The minimum atomic E-state index is -1.56. The number of nitrogens with zero attached hydrogens (tertiary/aromatic N) is 6. The number of benzene rings is 1. The van der Waals surface area contributed by atoms with Gasteiger partial charge in [0.15, 0.2) is 6.10 Å². The van der Waals surface area contributed by atoms with Crippen LogP contribution in [0, 0.1) is 52.8 Å². The zero-order valence-corrected chi connectivity index (χ0v) is 57.3. The van der Waals surface area contributed by atoms with Gasteiger partial charge >= 0.3 is 11.9 Å². The van der Waals surface area contributed by atoms with Crippen molar-refractivity contribution < 1.29 is 67.0 Å². The Morgan fingerprint density at radius 3 is 1.68 bits per heavy atom. The fourth-order valence-corrected chi connectivity index (χ4v) is 15.4. The third-order valence-electron chi connectivity index (χ3n) is 20.5. The zero-order chi connectivity index (χ0) is 67.7. The normalized spacial score (nSPS) is 30.9. The maximum atomic E-state index is 15.6. The molecular formula is C68H107N9O14. The zero-order valence-electron chi connectivity index (χ0n) is 57.3. The molecule has 91 heavy (non-hydrogen) atoms. The summed E-state index contributed by atoms with van der Waals surface area (Å²) in [7, 11) is 8.63. The molecular weight excluding hydrogens is 1170 g/mol. The molecule has 7 rings (SSSR count). The van der Waals surface area contributed by atoms with Gasteiger partial charge in [0, 0.05) is 53.6 Å². The standard InChI is InChI=1S/C68H107N9O14/c1-18-41(9)57-59(80)69-36-52(78)73(13)55(39(5)6)60(81)70-49(31-44-23-25-48(89-17)26-24-44)67(88)91-43(11)62(83)77-27-21-20-22-50(77)63(84)74(14)56(40(7)8)61(82)71-54(38(3)4)65(86)72(12)51(64(85)76(16)58(42(10)19-2)66(87)75(57)15)32-53(79)90-37-68-33-45-28-46(34-68)30-47(29-45)35-68/h23-26,38-43,45-47,49-51,54-58H,18-22,27-37H2,1-17H3,(H,69,80)(H,70,81)(H,71,82)/t41-,42+,43-,45?,46?,47?,49+,50+,51-,54+,55+,56+,57+,58+,68?/m1/s1. The lowest BCUT2D eigenvalue weighted by molar-refractivity contribution is -0.165. The molecule has 11 atom stereocenters. The Labute approximate surface area is 539 Å². The fourth-order valence-electron chi connectivity index (χ4n) is 15.4. The quantitative estimate of drug-likeness (QED) is 0.207. The van der Waals surface area contributed by atoms with E-state index in [1.165, 1.54) is 93.0 Å². The Balaban J connectivity index is 1.41. The lowest BCUT2D eigenvalue weighted by Crippen LogP contribution is -2.63. The van der Waals surface area contributed by atoms with Gasteiger partial charge < -0.3 is 59.6 Å². The predicted octanol–water partition coefficient (Wildman–Crippen LogP) is 4.99. The van der Waals surface area contributed by atoms with Gasteiger partial charge in [0.05, 0.1) is 26.7 Å². The molecule has 508 valence electrons. The van der Waals surface area contributed by atoms with E-state index in [4.69, 9.17) is 14.2 Å². The number of fused-ring (bicyclic) bond motifs is 1. The van der Waals surface area contributed by atoms with Crippen LogP contribution in [0.15, 0.2) is 24.3 Å². The first-order valence-corrected chi connectivity index (χ1v) is 33.3. The lowest BCUT2D eigenvalue weighted by Gasteiger charge is -2.56. The second-order valence-electron chi connectivity index (χ2n) is 28.3. The summed E-state index contributed by atoms with van der Waals surface area (Å²) in [6.45, 7) is 18.7. The Kier molecular flexibility index (Phi) is 25.5. The molecule has 1 aromatic rings. The van der Waals surface area contributed by atoms with Crippen molar-refractivity contribution in [2.75, 3.05) is 62.0 Å². The summed E-state index contributed by atoms with van der Waals surface area (Å²) >= 11 is 0. The highest BCUT2D eigenvalue weighted by Crippen LogP contribution is 2.60. The monoisotopic (exact) mass is 1270 g/mol. The van der Waals surface area contributed by atoms with Crippen molar-refractivity contribution in [3.05, 3.63) is 29.8 Å². The van der Waals surface area contributed by atoms with E-state index in [-0.39, 0.29) is 31.4 Å². The van der Waals surface area contributed by atoms with Crippen LogP contribution in [-0.4, -0.2) is 211 Å². The first-order valence-electron chi connectivity index (χ1n) is 33.3. The minimum Gasteiger partial charge on any atom is -0.497 e. The van der Waals surface area contributed by atoms with Gasteiger partial charge in [-0.2, -0.15) is 0 Å². The van der Waals surface area contributed by atoms with Crippen LogP contribution < -0.4 is 20.7 Å². The summed E-state index contributed by atoms with van der Waals surface area (Å²) in [6.07, 6.45) is 6.33. The number of piperidine rings is 1. The molecule has 0 radical (unpaired) electrons. The number of cyclic esters (lactones) is 1. The first kappa shape index (κ1) is 73.2. The number of ether oxygens (including phenoxy) is 3. The predicted molar refractivity (Wildman–Crippen MR) is 341 cm³/mol. The summed E-state index contributed by atoms with van der Waals surface area (Å²) in [5.74, 6) is -8.32. The van der Waals surface area contributed by atoms with Crippen molar-refractivity contribution in [1.82, 2.24) is 45.3 Å². The van der Waals surface area contributed by atoms with Crippen LogP contribution in [0.3, 0.4) is 0 Å². The molecule has 3 N–H and O–H groups in total. The number of hydrogen-bond donors (Lipinski definition) is 3. The average Bonchev–Trinajstić information content (AvgIpc) is 0.770. The molecule has 4 saturated carbocycles. The van der Waals surface area contributed by atoms with Crippen LogP contribution in [0.4, 0.5) is 0 Å². The van der Waals surface area contributed by atoms with Crippen LogP contribution in [0.5, 0.6) is 5.75 Å². The van der Waals surface area contributed by atoms with Gasteiger partial charge in [-0.15, -0.1) is 0 Å². The number of amides is 9. The second-order valence-corrected chi connectivity index (χ2v) is 28.3. The molecule has 4 bridgehead atoms. The van der Waals surface area contributed by atoms with Crippen LogP contribution in [0.1, 0.15) is 159 Å². The van der Waals surface area contributed by atoms with Crippen molar-refractivity contribution >= 4 is 65.1 Å². The Morgan fingerprint density at radius 2 is 1.14 bits per heavy atom. The molecule has 6 aliphatic rings. The Morgan fingerprint density at radius 1 is 0.615 bits per heavy atom. The van der Waals surface area contributed by atoms with Gasteiger partial charge in [0.1, 0.15) is 54.1 Å². The molecule has 1 aromatic carbocycles. The van der Waals surface area contributed by atoms with Crippen LogP contribution in [-0.2, 0) is 68.6 Å². The Bertz CT molecular complexity index is 2760. The summed E-state index contributed by atoms with van der Waals surface area (Å²) in [6, 6.07) is -3.43. The number of carbonyl (C=O) groups is 11. The van der Waals surface area contributed by atoms with Gasteiger partial charge in [-0.05, 0) is 130 Å². The first-order chi connectivity index (χ1) is 42.8. The Hall–Kier alpha value is -6.81. The van der Waals surface area contributed by atoms with E-state index in [2.05, 4.69) is 16.0 Å². The van der Waals surface area contributed by atoms with Gasteiger partial charge in [-0.1, -0.05) is 94.2 Å². The largest absolute Gasteiger partial charge is 0.497 e. The number of nitrogens with one attached hydrogen (secondary N) is 3. The number of methoxy groups -OCH3 is 1. The topological polar surface area (TPSA) is 271 Å². The number of likely N-dealkylation sites (N-methyl/N-ethyl adjacent to an activating group) is 5. The van der Waals surface area contributed by atoms with E-state index < -0.39 is 162 Å². The summed E-state index contributed by atoms with van der Waals surface area (Å²) in [5, 5.41) is 8.41. The van der Waals surface area contributed by atoms with Gasteiger partial charge in [-0.3, -0.25) is 47.9 Å². The van der Waals surface area contributed by atoms with Gasteiger partial charge in [-0.25, -0.2) is 4.79 Å². The van der Waals surface area contributed by atoms with Crippen molar-refractivity contribution in [2.24, 2.45) is 52.8 Å². The maximum Gasteiger partial charge on any atom is 0.329 e. The van der Waals surface area contributed by atoms with Crippen molar-refractivity contribution in [2.45, 2.75) is 214 Å². The van der Waals surface area contributed by atoms with E-state index in [0.29, 0.717) is 54.7 Å². The molecule has 9 amide bonds. The number of esters is 2. The number of rotatable bonds is 14. The molecule has 2 saturated heterocycles. The van der Waals surface area contributed by atoms with Gasteiger partial charge in [0.2, 0.25) is 47.3 Å². The summed E-state index contributed by atoms with van der Waals surface area (Å²) in [5.41, 5.74) is 0.423. The molecule has 4 aliphatic carbocycles. The second kappa shape index (κ2) is 31.7. The van der Waals surface area contributed by atoms with Crippen LogP contribution in [0.2, 0.25) is 0 Å². The molecule has 0 unspecified atom stereocenters. The highest BCUT2D eigenvalue weighted by Gasteiger charge is 2.52. The van der Waals surface area contributed by atoms with Crippen molar-refractivity contribution in [1.29, 1.82) is 0 Å².